The van der Waals surface area contributed by atoms with E-state index in [1.807, 2.05) is 48.8 Å². The van der Waals surface area contributed by atoms with Crippen LogP contribution in [-0.4, -0.2) is 19.1 Å². The largest absolute Gasteiger partial charge is 0.456 e. The molecule has 0 bridgehead atoms. The topological polar surface area (TPSA) is 68.7 Å². The summed E-state index contributed by atoms with van der Waals surface area (Å²) in [6.07, 6.45) is 3.75. The van der Waals surface area contributed by atoms with Crippen LogP contribution in [0.3, 0.4) is 0 Å². The minimum atomic E-state index is 0.363. The molecule has 0 N–H and O–H groups in total. The van der Waals surface area contributed by atoms with Gasteiger partial charge >= 0.3 is 0 Å². The Morgan fingerprint density at radius 2 is 1.11 bits per heavy atom. The third-order valence-corrected chi connectivity index (χ3v) is 9.10. The smallest absolute Gasteiger partial charge is 0.147 e. The van der Waals surface area contributed by atoms with Gasteiger partial charge in [0.05, 0.1) is 27.6 Å². The van der Waals surface area contributed by atoms with Gasteiger partial charge < -0.3 is 4.74 Å². The fourth-order valence-corrected chi connectivity index (χ4v) is 6.63. The Kier molecular flexibility index (Phi) is 6.77. The molecule has 0 amide bonds. The van der Waals surface area contributed by atoms with Gasteiger partial charge in [0.2, 0.25) is 0 Å². The van der Waals surface area contributed by atoms with Gasteiger partial charge in [-0.3, -0.25) is 9.13 Å². The minimum Gasteiger partial charge on any atom is -0.456 e. The van der Waals surface area contributed by atoms with Crippen molar-refractivity contribution in [2.45, 2.75) is 39.5 Å². The molecule has 4 heterocycles. The molecule has 0 atom stereocenters. The van der Waals surface area contributed by atoms with E-state index in [9.17, 15) is 5.26 Å². The number of hydrogen-bond acceptors (Lipinski definition) is 4. The fourth-order valence-electron chi connectivity index (χ4n) is 6.63. The summed E-state index contributed by atoms with van der Waals surface area (Å²) < 4.78 is 11.0. The second-order valence-corrected chi connectivity index (χ2v) is 12.7. The Morgan fingerprint density at radius 1 is 0.574 bits per heavy atom. The molecule has 0 saturated heterocycles. The van der Waals surface area contributed by atoms with Crippen molar-refractivity contribution >= 4 is 43.6 Å². The molecule has 0 spiro atoms. The Balaban J connectivity index is 1.32. The molecule has 4 aromatic heterocycles. The summed E-state index contributed by atoms with van der Waals surface area (Å²) in [5, 5.41) is 14.6. The quantitative estimate of drug-likeness (QED) is 0.188. The summed E-state index contributed by atoms with van der Waals surface area (Å²) in [4.78, 5) is 9.57. The lowest BCUT2D eigenvalue weighted by Crippen LogP contribution is -2.00. The predicted octanol–water partition coefficient (Wildman–Crippen LogP) is 10.6. The van der Waals surface area contributed by atoms with E-state index in [1.54, 1.807) is 0 Å². The van der Waals surface area contributed by atoms with Gasteiger partial charge in [0.25, 0.3) is 0 Å². The normalized spacial score (nSPS) is 11.8. The average Bonchev–Trinajstić information content (AvgIpc) is 3.60. The predicted molar refractivity (Wildman–Crippen MR) is 190 cm³/mol. The molecule has 0 unspecified atom stereocenters. The van der Waals surface area contributed by atoms with Gasteiger partial charge in [-0.2, -0.15) is 5.26 Å². The van der Waals surface area contributed by atoms with E-state index >= 15 is 0 Å². The van der Waals surface area contributed by atoms with E-state index in [0.29, 0.717) is 28.9 Å². The molecule has 47 heavy (non-hydrogen) atoms. The first-order chi connectivity index (χ1) is 22.9. The number of fused-ring (bicyclic) bond motifs is 6. The second-order valence-electron chi connectivity index (χ2n) is 12.7. The van der Waals surface area contributed by atoms with Crippen LogP contribution in [0.1, 0.15) is 56.2 Å². The van der Waals surface area contributed by atoms with Crippen LogP contribution in [0.15, 0.2) is 116 Å². The maximum absolute atomic E-state index is 10.3. The van der Waals surface area contributed by atoms with Crippen molar-refractivity contribution in [1.82, 2.24) is 19.1 Å². The highest BCUT2D eigenvalue weighted by Gasteiger charge is 2.19. The lowest BCUT2D eigenvalue weighted by molar-refractivity contribution is 0.482. The van der Waals surface area contributed by atoms with Crippen molar-refractivity contribution in [2.24, 2.45) is 0 Å². The zero-order valence-electron chi connectivity index (χ0n) is 26.8. The summed E-state index contributed by atoms with van der Waals surface area (Å²) >= 11 is 0. The zero-order chi connectivity index (χ0) is 32.2. The van der Waals surface area contributed by atoms with Crippen LogP contribution in [0.4, 0.5) is 0 Å². The molecule has 228 valence electrons. The molecular formula is C41H33N5O. The zero-order valence-corrected chi connectivity index (χ0v) is 26.8. The van der Waals surface area contributed by atoms with E-state index in [0.717, 1.165) is 55.2 Å². The van der Waals surface area contributed by atoms with E-state index in [4.69, 9.17) is 14.7 Å². The number of nitrogens with zero attached hydrogens (tertiary/aromatic N) is 5. The van der Waals surface area contributed by atoms with Crippen molar-refractivity contribution in [3.05, 3.63) is 132 Å². The first-order valence-electron chi connectivity index (χ1n) is 16.0. The third-order valence-electron chi connectivity index (χ3n) is 9.10. The van der Waals surface area contributed by atoms with Gasteiger partial charge in [-0.15, -0.1) is 0 Å². The average molecular weight is 612 g/mol. The molecule has 0 fully saturated rings. The van der Waals surface area contributed by atoms with Crippen LogP contribution in [0.5, 0.6) is 11.5 Å². The summed E-state index contributed by atoms with van der Waals surface area (Å²) in [5.41, 5.74) is 6.93. The van der Waals surface area contributed by atoms with Crippen LogP contribution in [0.2, 0.25) is 0 Å². The Hall–Kier alpha value is -5.93. The second kappa shape index (κ2) is 11.1. The van der Waals surface area contributed by atoms with Crippen LogP contribution < -0.4 is 4.74 Å². The molecule has 8 aromatic rings. The highest BCUT2D eigenvalue weighted by molar-refractivity contribution is 6.11. The van der Waals surface area contributed by atoms with Crippen molar-refractivity contribution in [1.29, 1.82) is 5.26 Å². The summed E-state index contributed by atoms with van der Waals surface area (Å²) in [6.45, 7) is 8.75. The molecule has 0 aliphatic carbocycles. The molecule has 4 aromatic carbocycles. The maximum atomic E-state index is 10.3. The summed E-state index contributed by atoms with van der Waals surface area (Å²) in [6, 6.07) is 37.5. The van der Waals surface area contributed by atoms with E-state index < -0.39 is 0 Å². The van der Waals surface area contributed by atoms with E-state index in [1.165, 1.54) is 11.1 Å². The summed E-state index contributed by atoms with van der Waals surface area (Å²) in [5.74, 6) is 3.56. The molecule has 0 aliphatic heterocycles. The first-order valence-corrected chi connectivity index (χ1v) is 16.0. The first kappa shape index (κ1) is 28.5. The monoisotopic (exact) mass is 611 g/mol. The standard InChI is InChI=1S/C41H33N5O/c1-25(2)27-15-17-43-40(20-27)45-35-11-7-5-9-31(35)33-14-13-30(22-37(33)45)47-39-23-38-34(19-29(39)24-42)32-10-6-8-12-36(32)46(38)41-21-28(26(3)4)16-18-44-41/h5-23,25-26H,1-4H3. The Labute approximate surface area is 273 Å². The van der Waals surface area contributed by atoms with Crippen LogP contribution >= 0.6 is 0 Å². The highest BCUT2D eigenvalue weighted by atomic mass is 16.5. The van der Waals surface area contributed by atoms with Crippen molar-refractivity contribution in [3.8, 4) is 29.2 Å². The van der Waals surface area contributed by atoms with Gasteiger partial charge in [0.1, 0.15) is 29.2 Å². The van der Waals surface area contributed by atoms with Gasteiger partial charge in [-0.1, -0.05) is 64.1 Å². The number of rotatable bonds is 6. The molecule has 6 nitrogen and oxygen atoms in total. The van der Waals surface area contributed by atoms with E-state index in [-0.39, 0.29) is 0 Å². The van der Waals surface area contributed by atoms with Gasteiger partial charge in [0.15, 0.2) is 0 Å². The Bertz CT molecular complexity index is 2530. The number of pyridine rings is 2. The molecule has 0 radical (unpaired) electrons. The van der Waals surface area contributed by atoms with Gasteiger partial charge in [-0.25, -0.2) is 9.97 Å². The van der Waals surface area contributed by atoms with Crippen LogP contribution in [0.25, 0.3) is 55.2 Å². The lowest BCUT2D eigenvalue weighted by atomic mass is 10.1. The highest BCUT2D eigenvalue weighted by Crippen LogP contribution is 2.39. The fraction of sp³-hybridized carbons (Fsp3) is 0.146. The van der Waals surface area contributed by atoms with Crippen molar-refractivity contribution in [3.63, 3.8) is 0 Å². The summed E-state index contributed by atoms with van der Waals surface area (Å²) in [7, 11) is 0. The minimum absolute atomic E-state index is 0.363. The number of para-hydroxylation sites is 2. The molecule has 0 saturated carbocycles. The molecule has 0 aliphatic rings. The number of hydrogen-bond donors (Lipinski definition) is 0. The number of aromatic nitrogens is 4. The SMILES string of the molecule is CC(C)c1ccnc(-n2c3ccccc3c3ccc(Oc4cc5c(cc4C#N)c4ccccc4n5-c4cc(C(C)C)ccn4)cc32)c1. The van der Waals surface area contributed by atoms with Crippen LogP contribution in [-0.2, 0) is 0 Å². The Morgan fingerprint density at radius 3 is 1.68 bits per heavy atom. The molecule has 6 heteroatoms. The van der Waals surface area contributed by atoms with E-state index in [2.05, 4.69) is 110 Å². The number of ether oxygens (including phenoxy) is 1. The third kappa shape index (κ3) is 4.71. The van der Waals surface area contributed by atoms with Gasteiger partial charge in [-0.05, 0) is 77.6 Å². The molecule has 8 rings (SSSR count). The number of nitriles is 1. The van der Waals surface area contributed by atoms with Crippen molar-refractivity contribution in [2.75, 3.05) is 0 Å². The number of benzene rings is 4. The molecular weight excluding hydrogens is 578 g/mol. The van der Waals surface area contributed by atoms with Crippen LogP contribution in [0, 0.1) is 11.3 Å². The van der Waals surface area contributed by atoms with Crippen molar-refractivity contribution < 1.29 is 4.74 Å². The van der Waals surface area contributed by atoms with Gasteiger partial charge in [0, 0.05) is 46.1 Å². The lowest BCUT2D eigenvalue weighted by Gasteiger charge is -2.13. The maximum Gasteiger partial charge on any atom is 0.147 e.